The van der Waals surface area contributed by atoms with Gasteiger partial charge in [-0.1, -0.05) is 18.2 Å². The fraction of sp³-hybridized carbons (Fsp3) is 0.238. The number of rotatable bonds is 9. The molecule has 0 bridgehead atoms. The smallest absolute Gasteiger partial charge is 0.387 e. The van der Waals surface area contributed by atoms with Crippen molar-refractivity contribution >= 4 is 5.91 Å². The fourth-order valence-electron chi connectivity index (χ4n) is 2.77. The Balaban J connectivity index is 1.44. The Kier molecular flexibility index (Phi) is 7.05. The van der Waals surface area contributed by atoms with Crippen LogP contribution in [0.3, 0.4) is 0 Å². The van der Waals surface area contributed by atoms with Crippen molar-refractivity contribution in [3.05, 3.63) is 71.8 Å². The van der Waals surface area contributed by atoms with Crippen LogP contribution >= 0.6 is 0 Å². The second kappa shape index (κ2) is 9.91. The van der Waals surface area contributed by atoms with Crippen LogP contribution in [0.25, 0.3) is 11.3 Å². The van der Waals surface area contributed by atoms with E-state index in [-0.39, 0.29) is 41.7 Å². The zero-order valence-electron chi connectivity index (χ0n) is 15.7. The lowest BCUT2D eigenvalue weighted by molar-refractivity contribution is -0.121. The molecule has 158 valence electrons. The molecule has 1 N–H and O–H groups in total. The molecule has 5 nitrogen and oxygen atoms in total. The van der Waals surface area contributed by atoms with Crippen LogP contribution in [0.1, 0.15) is 17.9 Å². The highest BCUT2D eigenvalue weighted by Gasteiger charge is 2.16. The first-order valence-electron chi connectivity index (χ1n) is 9.12. The molecule has 3 aromatic rings. The lowest BCUT2D eigenvalue weighted by Crippen LogP contribution is -2.25. The van der Waals surface area contributed by atoms with E-state index in [4.69, 9.17) is 4.42 Å². The predicted molar refractivity (Wildman–Crippen MR) is 100.0 cm³/mol. The van der Waals surface area contributed by atoms with Crippen LogP contribution in [-0.4, -0.2) is 24.0 Å². The van der Waals surface area contributed by atoms with Crippen molar-refractivity contribution in [2.24, 2.45) is 0 Å². The molecule has 1 heterocycles. The number of ether oxygens (including phenoxy) is 1. The molecule has 30 heavy (non-hydrogen) atoms. The highest BCUT2D eigenvalue weighted by atomic mass is 19.3. The molecular formula is C21H18F4N2O3. The van der Waals surface area contributed by atoms with E-state index < -0.39 is 18.2 Å². The van der Waals surface area contributed by atoms with Crippen molar-refractivity contribution < 1.29 is 31.5 Å². The van der Waals surface area contributed by atoms with Crippen molar-refractivity contribution in [3.8, 4) is 17.1 Å². The molecule has 0 aliphatic rings. The highest BCUT2D eigenvalue weighted by molar-refractivity contribution is 5.76. The van der Waals surface area contributed by atoms with Gasteiger partial charge in [0.25, 0.3) is 0 Å². The van der Waals surface area contributed by atoms with Gasteiger partial charge >= 0.3 is 6.61 Å². The van der Waals surface area contributed by atoms with Gasteiger partial charge in [-0.3, -0.25) is 4.79 Å². The molecule has 0 spiro atoms. The predicted octanol–water partition coefficient (Wildman–Crippen LogP) is 4.51. The summed E-state index contributed by atoms with van der Waals surface area (Å²) in [7, 11) is 0. The molecule has 1 amide bonds. The van der Waals surface area contributed by atoms with Gasteiger partial charge in [0.05, 0.1) is 11.8 Å². The summed E-state index contributed by atoms with van der Waals surface area (Å²) in [4.78, 5) is 15.9. The van der Waals surface area contributed by atoms with E-state index in [2.05, 4.69) is 15.0 Å². The number of benzene rings is 2. The first-order chi connectivity index (χ1) is 14.4. The molecule has 0 unspecified atom stereocenters. The second-order valence-electron chi connectivity index (χ2n) is 6.34. The zero-order valence-corrected chi connectivity index (χ0v) is 15.7. The second-order valence-corrected chi connectivity index (χ2v) is 6.34. The van der Waals surface area contributed by atoms with Crippen molar-refractivity contribution in [3.63, 3.8) is 0 Å². The maximum atomic E-state index is 13.8. The molecular weight excluding hydrogens is 404 g/mol. The number of oxazole rings is 1. The Bertz CT molecular complexity index is 970. The third-order valence-electron chi connectivity index (χ3n) is 4.21. The van der Waals surface area contributed by atoms with Crippen LogP contribution in [0.2, 0.25) is 0 Å². The average Bonchev–Trinajstić information content (AvgIpc) is 3.16. The lowest BCUT2D eigenvalue weighted by atomic mass is 10.1. The topological polar surface area (TPSA) is 64.4 Å². The van der Waals surface area contributed by atoms with Crippen LogP contribution in [0.5, 0.6) is 5.75 Å². The molecule has 0 radical (unpaired) electrons. The minimum atomic E-state index is -2.87. The molecule has 9 heteroatoms. The molecule has 0 saturated carbocycles. The van der Waals surface area contributed by atoms with Gasteiger partial charge in [0, 0.05) is 19.4 Å². The largest absolute Gasteiger partial charge is 0.441 e. The fourth-order valence-corrected chi connectivity index (χ4v) is 2.77. The van der Waals surface area contributed by atoms with Gasteiger partial charge in [-0.15, -0.1) is 0 Å². The Labute approximate surface area is 169 Å². The first kappa shape index (κ1) is 21.4. The molecule has 0 aliphatic heterocycles. The number of hydrogen-bond donors (Lipinski definition) is 1. The van der Waals surface area contributed by atoms with Gasteiger partial charge < -0.3 is 14.5 Å². The summed E-state index contributed by atoms with van der Waals surface area (Å²) in [5.41, 5.74) is 0.548. The number of aryl methyl sites for hydroxylation is 1. The number of alkyl halides is 2. The molecule has 1 aromatic heterocycles. The van der Waals surface area contributed by atoms with E-state index in [1.165, 1.54) is 24.4 Å². The third kappa shape index (κ3) is 5.82. The number of amides is 1. The SMILES string of the molecule is O=C(CCc1ncc(-c2c(F)cccc2F)o1)NCCc1ccc(OC(F)F)cc1. The standard InChI is InChI=1S/C21H18F4N2O3/c22-15-2-1-3-16(23)20(15)17-12-27-19(30-17)9-8-18(28)26-11-10-13-4-6-14(7-5-13)29-21(24)25/h1-7,12,21H,8-11H2,(H,26,28). The van der Waals surface area contributed by atoms with Gasteiger partial charge in [-0.05, 0) is 36.2 Å². The Morgan fingerprint density at radius 3 is 2.43 bits per heavy atom. The maximum Gasteiger partial charge on any atom is 0.387 e. The highest BCUT2D eigenvalue weighted by Crippen LogP contribution is 2.26. The summed E-state index contributed by atoms with van der Waals surface area (Å²) in [5, 5.41) is 2.73. The van der Waals surface area contributed by atoms with Gasteiger partial charge in [-0.2, -0.15) is 8.78 Å². The van der Waals surface area contributed by atoms with Crippen LogP contribution in [0, 0.1) is 11.6 Å². The van der Waals surface area contributed by atoms with E-state index in [9.17, 15) is 22.4 Å². The van der Waals surface area contributed by atoms with Gasteiger partial charge in [0.2, 0.25) is 5.91 Å². The van der Waals surface area contributed by atoms with Gasteiger partial charge in [0.15, 0.2) is 11.7 Å². The Morgan fingerprint density at radius 1 is 1.07 bits per heavy atom. The summed E-state index contributed by atoms with van der Waals surface area (Å²) in [6.45, 7) is -2.52. The first-order valence-corrected chi connectivity index (χ1v) is 9.12. The monoisotopic (exact) mass is 422 g/mol. The van der Waals surface area contributed by atoms with Crippen molar-refractivity contribution in [2.75, 3.05) is 6.54 Å². The summed E-state index contributed by atoms with van der Waals surface area (Å²) in [5.74, 6) is -1.55. The van der Waals surface area contributed by atoms with E-state index in [1.54, 1.807) is 12.1 Å². The Hall–Kier alpha value is -3.36. The number of hydrogen-bond acceptors (Lipinski definition) is 4. The summed E-state index contributed by atoms with van der Waals surface area (Å²) < 4.78 is 61.4. The lowest BCUT2D eigenvalue weighted by Gasteiger charge is -2.07. The zero-order chi connectivity index (χ0) is 21.5. The Morgan fingerprint density at radius 2 is 1.77 bits per heavy atom. The molecule has 0 atom stereocenters. The third-order valence-corrected chi connectivity index (χ3v) is 4.21. The normalized spacial score (nSPS) is 11.0. The van der Waals surface area contributed by atoms with E-state index in [0.717, 1.165) is 17.7 Å². The molecule has 0 aliphatic carbocycles. The maximum absolute atomic E-state index is 13.8. The van der Waals surface area contributed by atoms with Gasteiger partial charge in [0.1, 0.15) is 17.4 Å². The van der Waals surface area contributed by atoms with E-state index in [0.29, 0.717) is 13.0 Å². The minimum Gasteiger partial charge on any atom is -0.441 e. The van der Waals surface area contributed by atoms with Crippen molar-refractivity contribution in [1.29, 1.82) is 0 Å². The number of aromatic nitrogens is 1. The van der Waals surface area contributed by atoms with Crippen molar-refractivity contribution in [1.82, 2.24) is 10.3 Å². The van der Waals surface area contributed by atoms with Crippen LogP contribution in [0.4, 0.5) is 17.6 Å². The summed E-state index contributed by atoms with van der Waals surface area (Å²) >= 11 is 0. The number of halogens is 4. The minimum absolute atomic E-state index is 0.0414. The van der Waals surface area contributed by atoms with Crippen LogP contribution in [-0.2, 0) is 17.6 Å². The van der Waals surface area contributed by atoms with Crippen LogP contribution < -0.4 is 10.1 Å². The molecule has 2 aromatic carbocycles. The van der Waals surface area contributed by atoms with E-state index >= 15 is 0 Å². The average molecular weight is 422 g/mol. The number of nitrogens with zero attached hydrogens (tertiary/aromatic N) is 1. The quantitative estimate of drug-likeness (QED) is 0.516. The summed E-state index contributed by atoms with van der Waals surface area (Å²) in [6.07, 6.45) is 1.98. The number of nitrogens with one attached hydrogen (secondary N) is 1. The van der Waals surface area contributed by atoms with Gasteiger partial charge in [-0.25, -0.2) is 13.8 Å². The number of carbonyl (C=O) groups is 1. The molecule has 3 rings (SSSR count). The van der Waals surface area contributed by atoms with Crippen LogP contribution in [0.15, 0.2) is 53.1 Å². The summed E-state index contributed by atoms with van der Waals surface area (Å²) in [6, 6.07) is 9.63. The molecule has 0 saturated heterocycles. The van der Waals surface area contributed by atoms with Crippen molar-refractivity contribution in [2.45, 2.75) is 25.9 Å². The number of carbonyl (C=O) groups excluding carboxylic acids is 1. The van der Waals surface area contributed by atoms with E-state index in [1.807, 2.05) is 0 Å². The molecule has 0 fully saturated rings.